The van der Waals surface area contributed by atoms with Crippen LogP contribution >= 0.6 is 11.8 Å². The molecule has 1 heterocycles. The van der Waals surface area contributed by atoms with Crippen molar-refractivity contribution in [2.75, 3.05) is 14.2 Å². The third-order valence-electron chi connectivity index (χ3n) is 4.18. The van der Waals surface area contributed by atoms with Crippen LogP contribution in [0.4, 0.5) is 0 Å². The molecule has 31 heavy (non-hydrogen) atoms. The molecule has 0 spiro atoms. The van der Waals surface area contributed by atoms with E-state index in [1.54, 1.807) is 13.2 Å². The number of nitrogens with zero attached hydrogens (tertiary/aromatic N) is 2. The van der Waals surface area contributed by atoms with Gasteiger partial charge in [-0.25, -0.2) is 4.79 Å². The molecule has 0 radical (unpaired) electrons. The number of ether oxygens (including phenoxy) is 3. The highest BCUT2D eigenvalue weighted by Gasteiger charge is 2.25. The topological polar surface area (TPSA) is 98.6 Å². The fourth-order valence-electron chi connectivity index (χ4n) is 2.57. The van der Waals surface area contributed by atoms with Gasteiger partial charge in [0.05, 0.1) is 25.3 Å². The molecule has 3 rings (SSSR count). The van der Waals surface area contributed by atoms with Crippen molar-refractivity contribution < 1.29 is 23.8 Å². The van der Waals surface area contributed by atoms with Crippen molar-refractivity contribution in [3.05, 3.63) is 70.1 Å². The number of benzene rings is 2. The number of nitrogens with one attached hydrogen (secondary N) is 1. The molecule has 0 aromatic heterocycles. The Labute approximate surface area is 184 Å². The smallest absolute Gasteiger partial charge is 0.331 e. The lowest BCUT2D eigenvalue weighted by Crippen LogP contribution is -2.19. The summed E-state index contributed by atoms with van der Waals surface area (Å²) in [4.78, 5) is 23.4. The number of methoxy groups -OCH3 is 2. The van der Waals surface area contributed by atoms with E-state index in [-0.39, 0.29) is 10.1 Å². The van der Waals surface area contributed by atoms with Crippen molar-refractivity contribution in [1.29, 1.82) is 0 Å². The Kier molecular flexibility index (Phi) is 7.45. The van der Waals surface area contributed by atoms with E-state index in [1.165, 1.54) is 18.9 Å². The maximum atomic E-state index is 11.9. The Balaban J connectivity index is 1.75. The maximum absolute atomic E-state index is 11.9. The van der Waals surface area contributed by atoms with Gasteiger partial charge in [-0.2, -0.15) is 5.10 Å². The minimum Gasteiger partial charge on any atom is -0.493 e. The van der Waals surface area contributed by atoms with E-state index in [2.05, 4.69) is 20.3 Å². The lowest BCUT2D eigenvalue weighted by molar-refractivity contribution is -0.135. The van der Waals surface area contributed by atoms with Gasteiger partial charge in [0.15, 0.2) is 16.7 Å². The van der Waals surface area contributed by atoms with Crippen molar-refractivity contribution in [3.8, 4) is 11.5 Å². The van der Waals surface area contributed by atoms with E-state index < -0.39 is 11.9 Å². The molecule has 0 aliphatic carbocycles. The van der Waals surface area contributed by atoms with Crippen molar-refractivity contribution in [3.63, 3.8) is 0 Å². The predicted molar refractivity (Wildman–Crippen MR) is 119 cm³/mol. The van der Waals surface area contributed by atoms with Crippen molar-refractivity contribution in [2.45, 2.75) is 13.5 Å². The van der Waals surface area contributed by atoms with Crippen LogP contribution in [0.5, 0.6) is 11.5 Å². The van der Waals surface area contributed by atoms with Crippen LogP contribution in [-0.2, 0) is 20.9 Å². The molecule has 1 fully saturated rings. The van der Waals surface area contributed by atoms with Gasteiger partial charge in [0.25, 0.3) is 5.91 Å². The molecule has 0 atom stereocenters. The van der Waals surface area contributed by atoms with E-state index in [9.17, 15) is 9.59 Å². The summed E-state index contributed by atoms with van der Waals surface area (Å²) in [7, 11) is 2.80. The highest BCUT2D eigenvalue weighted by Crippen LogP contribution is 2.31. The zero-order valence-electron chi connectivity index (χ0n) is 17.2. The lowest BCUT2D eigenvalue weighted by Gasteiger charge is -2.13. The number of amides is 1. The van der Waals surface area contributed by atoms with Gasteiger partial charge in [-0.3, -0.25) is 10.1 Å². The summed E-state index contributed by atoms with van der Waals surface area (Å²) in [6.45, 7) is 2.39. The standard InChI is InChI=1S/C22H21N3O5S/c1-14-7-9-15(10-8-14)13-30-20-16(5-4-6-17(20)28-2)12-23-25-22-24-21(27)18(31-22)11-19(26)29-3/h4-12H,13H2,1-3H3,(H,24,25,27)/b18-11+,23-12?. The molecule has 1 N–H and O–H groups in total. The molecule has 0 saturated carbocycles. The monoisotopic (exact) mass is 439 g/mol. The van der Waals surface area contributed by atoms with Crippen LogP contribution in [-0.4, -0.2) is 37.5 Å². The van der Waals surface area contributed by atoms with E-state index >= 15 is 0 Å². The van der Waals surface area contributed by atoms with Gasteiger partial charge < -0.3 is 14.2 Å². The number of aryl methyl sites for hydroxylation is 1. The molecule has 1 amide bonds. The van der Waals surface area contributed by atoms with Crippen LogP contribution in [0.15, 0.2) is 63.6 Å². The van der Waals surface area contributed by atoms with Crippen LogP contribution in [0.25, 0.3) is 0 Å². The number of thioether (sulfide) groups is 1. The molecule has 9 heteroatoms. The van der Waals surface area contributed by atoms with E-state index in [0.29, 0.717) is 23.7 Å². The molecule has 1 aliphatic heterocycles. The van der Waals surface area contributed by atoms with Gasteiger partial charge in [-0.15, -0.1) is 5.10 Å². The summed E-state index contributed by atoms with van der Waals surface area (Å²) in [5, 5.41) is 10.8. The van der Waals surface area contributed by atoms with E-state index in [0.717, 1.165) is 23.4 Å². The van der Waals surface area contributed by atoms with Gasteiger partial charge in [0.1, 0.15) is 6.61 Å². The van der Waals surface area contributed by atoms with Gasteiger partial charge in [-0.1, -0.05) is 35.9 Å². The van der Waals surface area contributed by atoms with Crippen molar-refractivity contribution in [2.24, 2.45) is 10.2 Å². The first-order valence-electron chi connectivity index (χ1n) is 9.25. The molecular formula is C22H21N3O5S. The normalized spacial score (nSPS) is 16.0. The van der Waals surface area contributed by atoms with Gasteiger partial charge in [-0.05, 0) is 36.4 Å². The van der Waals surface area contributed by atoms with Crippen LogP contribution < -0.4 is 14.8 Å². The average molecular weight is 439 g/mol. The van der Waals surface area contributed by atoms with E-state index in [4.69, 9.17) is 9.47 Å². The zero-order chi connectivity index (χ0) is 22.2. The number of para-hydroxylation sites is 1. The SMILES string of the molecule is COC(=O)/C=C1/S/C(=N\N=Cc2cccc(OC)c2OCc2ccc(C)cc2)NC1=O. The molecule has 1 saturated heterocycles. The Bertz CT molecular complexity index is 1060. The van der Waals surface area contributed by atoms with Gasteiger partial charge in [0.2, 0.25) is 0 Å². The first-order valence-corrected chi connectivity index (χ1v) is 10.1. The summed E-state index contributed by atoms with van der Waals surface area (Å²) in [5.41, 5.74) is 2.86. The number of amidine groups is 1. The Morgan fingerprint density at radius 3 is 2.65 bits per heavy atom. The number of hydrogen-bond acceptors (Lipinski definition) is 8. The molecule has 2 aromatic rings. The minimum atomic E-state index is -0.617. The molecule has 1 aliphatic rings. The van der Waals surface area contributed by atoms with E-state index in [1.807, 2.05) is 43.3 Å². The van der Waals surface area contributed by atoms with Crippen molar-refractivity contribution in [1.82, 2.24) is 5.32 Å². The summed E-state index contributed by atoms with van der Waals surface area (Å²) >= 11 is 0.998. The fourth-order valence-corrected chi connectivity index (χ4v) is 3.31. The first kappa shape index (κ1) is 22.1. The quantitative estimate of drug-likeness (QED) is 0.308. The Morgan fingerprint density at radius 2 is 1.94 bits per heavy atom. The molecule has 8 nitrogen and oxygen atoms in total. The molecule has 160 valence electrons. The predicted octanol–water partition coefficient (Wildman–Crippen LogP) is 3.19. The second-order valence-corrected chi connectivity index (χ2v) is 7.42. The average Bonchev–Trinajstić information content (AvgIpc) is 3.12. The second kappa shape index (κ2) is 10.4. The van der Waals surface area contributed by atoms with Crippen LogP contribution in [0.1, 0.15) is 16.7 Å². The minimum absolute atomic E-state index is 0.185. The number of rotatable bonds is 7. The number of hydrogen-bond donors (Lipinski definition) is 1. The summed E-state index contributed by atoms with van der Waals surface area (Å²) < 4.78 is 15.9. The van der Waals surface area contributed by atoms with Crippen molar-refractivity contribution >= 4 is 35.0 Å². The Morgan fingerprint density at radius 1 is 1.16 bits per heavy atom. The molecular weight excluding hydrogens is 418 g/mol. The molecule has 2 aromatic carbocycles. The highest BCUT2D eigenvalue weighted by atomic mass is 32.2. The molecule has 0 unspecified atom stereocenters. The third kappa shape index (κ3) is 5.95. The number of esters is 1. The number of carbonyl (C=O) groups excluding carboxylic acids is 2. The Hall–Kier alpha value is -3.59. The van der Waals surface area contributed by atoms with Crippen LogP contribution in [0.2, 0.25) is 0 Å². The fraction of sp³-hybridized carbons (Fsp3) is 0.182. The van der Waals surface area contributed by atoms with Gasteiger partial charge in [0, 0.05) is 11.6 Å². The summed E-state index contributed by atoms with van der Waals surface area (Å²) in [6.07, 6.45) is 2.61. The van der Waals surface area contributed by atoms with Crippen LogP contribution in [0.3, 0.4) is 0 Å². The third-order valence-corrected chi connectivity index (χ3v) is 5.08. The second-order valence-electron chi connectivity index (χ2n) is 6.39. The summed E-state index contributed by atoms with van der Waals surface area (Å²) in [6, 6.07) is 13.5. The largest absolute Gasteiger partial charge is 0.493 e. The maximum Gasteiger partial charge on any atom is 0.331 e. The zero-order valence-corrected chi connectivity index (χ0v) is 18.1. The summed E-state index contributed by atoms with van der Waals surface area (Å²) in [5.74, 6) is 0.0430. The van der Waals surface area contributed by atoms with Crippen LogP contribution in [0, 0.1) is 6.92 Å². The number of carbonyl (C=O) groups is 2. The highest BCUT2D eigenvalue weighted by molar-refractivity contribution is 8.18. The van der Waals surface area contributed by atoms with Gasteiger partial charge >= 0.3 is 5.97 Å². The lowest BCUT2D eigenvalue weighted by atomic mass is 10.1. The first-order chi connectivity index (χ1) is 15.0. The molecule has 0 bridgehead atoms.